The van der Waals surface area contributed by atoms with Gasteiger partial charge in [-0.2, -0.15) is 0 Å². The Kier molecular flexibility index (Phi) is 5.31. The molecule has 114 valence electrons. The van der Waals surface area contributed by atoms with Crippen molar-refractivity contribution in [3.8, 4) is 0 Å². The van der Waals surface area contributed by atoms with Crippen LogP contribution in [0, 0.1) is 0 Å². The molecule has 4 nitrogen and oxygen atoms in total. The molecule has 2 aromatic rings. The van der Waals surface area contributed by atoms with Gasteiger partial charge in [-0.1, -0.05) is 42.5 Å². The Bertz CT molecular complexity index is 701. The fourth-order valence-electron chi connectivity index (χ4n) is 2.24. The molecule has 1 atom stereocenters. The lowest BCUT2D eigenvalue weighted by Crippen LogP contribution is -2.33. The van der Waals surface area contributed by atoms with E-state index in [4.69, 9.17) is 0 Å². The quantitative estimate of drug-likeness (QED) is 0.682. The van der Waals surface area contributed by atoms with Crippen LogP contribution in [0.2, 0.25) is 0 Å². The van der Waals surface area contributed by atoms with E-state index in [2.05, 4.69) is 10.1 Å². The fraction of sp³-hybridized carbons (Fsp3) is 0.222. The second-order valence-corrected chi connectivity index (χ2v) is 5.09. The topological polar surface area (TPSA) is 55.4 Å². The number of nitrogens with one attached hydrogen (secondary N) is 1. The largest absolute Gasteiger partial charge is 0.469 e. The summed E-state index contributed by atoms with van der Waals surface area (Å²) in [7, 11) is 1.33. The monoisotopic (exact) mass is 297 g/mol. The number of amides is 1. The fourth-order valence-corrected chi connectivity index (χ4v) is 2.24. The molecule has 0 saturated heterocycles. The molecule has 4 heteroatoms. The zero-order valence-corrected chi connectivity index (χ0v) is 12.7. The van der Waals surface area contributed by atoms with Crippen LogP contribution in [0.3, 0.4) is 0 Å². The molecule has 0 fully saturated rings. The van der Waals surface area contributed by atoms with Crippen molar-refractivity contribution >= 4 is 28.7 Å². The number of benzene rings is 2. The molecule has 1 amide bonds. The summed E-state index contributed by atoms with van der Waals surface area (Å²) in [5.41, 5.74) is 0.980. The first kappa shape index (κ1) is 15.8. The number of hydrogen-bond acceptors (Lipinski definition) is 3. The highest BCUT2D eigenvalue weighted by molar-refractivity contribution is 5.96. The van der Waals surface area contributed by atoms with Gasteiger partial charge in [-0.15, -0.1) is 0 Å². The van der Waals surface area contributed by atoms with Crippen molar-refractivity contribution < 1.29 is 14.3 Å². The number of fused-ring (bicyclic) bond motifs is 1. The smallest absolute Gasteiger partial charge is 0.307 e. The van der Waals surface area contributed by atoms with E-state index in [1.54, 1.807) is 13.0 Å². The first-order chi connectivity index (χ1) is 10.6. The van der Waals surface area contributed by atoms with Gasteiger partial charge in [0.2, 0.25) is 5.91 Å². The normalized spacial score (nSPS) is 12.3. The van der Waals surface area contributed by atoms with E-state index in [1.807, 2.05) is 42.5 Å². The number of rotatable bonds is 5. The van der Waals surface area contributed by atoms with Crippen molar-refractivity contribution in [2.24, 2.45) is 0 Å². The van der Waals surface area contributed by atoms with E-state index < -0.39 is 0 Å². The highest BCUT2D eigenvalue weighted by Gasteiger charge is 2.10. The van der Waals surface area contributed by atoms with Gasteiger partial charge in [-0.3, -0.25) is 9.59 Å². The van der Waals surface area contributed by atoms with Crippen molar-refractivity contribution in [2.75, 3.05) is 7.11 Å². The van der Waals surface area contributed by atoms with Gasteiger partial charge in [0.15, 0.2) is 0 Å². The summed E-state index contributed by atoms with van der Waals surface area (Å²) in [5.74, 6) is -0.574. The lowest BCUT2D eigenvalue weighted by Gasteiger charge is -2.10. The maximum absolute atomic E-state index is 11.9. The SMILES string of the molecule is COC(=O)CC(C)NC(=O)/C=C/c1cccc2ccccc12. The number of ether oxygens (including phenoxy) is 1. The highest BCUT2D eigenvalue weighted by Crippen LogP contribution is 2.19. The maximum Gasteiger partial charge on any atom is 0.307 e. The summed E-state index contributed by atoms with van der Waals surface area (Å²) in [6, 6.07) is 13.7. The third kappa shape index (κ3) is 4.19. The standard InChI is InChI=1S/C18H19NO3/c1-13(12-18(21)22-2)19-17(20)11-10-15-8-5-7-14-6-3-4-9-16(14)15/h3-11,13H,12H2,1-2H3,(H,19,20)/b11-10+. The maximum atomic E-state index is 11.9. The van der Waals surface area contributed by atoms with Gasteiger partial charge in [0.05, 0.1) is 13.5 Å². The Morgan fingerprint density at radius 1 is 1.18 bits per heavy atom. The molecule has 1 unspecified atom stereocenters. The van der Waals surface area contributed by atoms with E-state index in [9.17, 15) is 9.59 Å². The summed E-state index contributed by atoms with van der Waals surface area (Å²) in [6.45, 7) is 1.76. The van der Waals surface area contributed by atoms with E-state index in [0.717, 1.165) is 16.3 Å². The molecule has 2 rings (SSSR count). The lowest BCUT2D eigenvalue weighted by atomic mass is 10.0. The molecule has 2 aromatic carbocycles. The number of methoxy groups -OCH3 is 1. The first-order valence-corrected chi connectivity index (χ1v) is 7.13. The summed E-state index contributed by atoms with van der Waals surface area (Å²) < 4.78 is 4.57. The zero-order valence-electron chi connectivity index (χ0n) is 12.7. The van der Waals surface area contributed by atoms with E-state index >= 15 is 0 Å². The van der Waals surface area contributed by atoms with Crippen molar-refractivity contribution in [2.45, 2.75) is 19.4 Å². The van der Waals surface area contributed by atoms with Crippen LogP contribution in [-0.4, -0.2) is 25.0 Å². The van der Waals surface area contributed by atoms with Crippen LogP contribution in [0.1, 0.15) is 18.9 Å². The minimum atomic E-state index is -0.342. The van der Waals surface area contributed by atoms with Crippen molar-refractivity contribution in [1.29, 1.82) is 0 Å². The van der Waals surface area contributed by atoms with Gasteiger partial charge >= 0.3 is 5.97 Å². The summed E-state index contributed by atoms with van der Waals surface area (Å²) in [4.78, 5) is 23.0. The molecule has 0 aliphatic heterocycles. The van der Waals surface area contributed by atoms with Crippen molar-refractivity contribution in [3.05, 3.63) is 54.1 Å². The number of hydrogen-bond donors (Lipinski definition) is 1. The molecule has 0 heterocycles. The summed E-state index contributed by atoms with van der Waals surface area (Å²) >= 11 is 0. The molecule has 1 N–H and O–H groups in total. The van der Waals surface area contributed by atoms with Crippen LogP contribution in [0.4, 0.5) is 0 Å². The van der Waals surface area contributed by atoms with Gasteiger partial charge in [0.1, 0.15) is 0 Å². The zero-order chi connectivity index (χ0) is 15.9. The van der Waals surface area contributed by atoms with E-state index in [-0.39, 0.29) is 24.3 Å². The van der Waals surface area contributed by atoms with E-state index in [0.29, 0.717) is 0 Å². The third-order valence-corrected chi connectivity index (χ3v) is 3.33. The predicted molar refractivity (Wildman–Crippen MR) is 87.2 cm³/mol. The van der Waals surface area contributed by atoms with Crippen LogP contribution >= 0.6 is 0 Å². The van der Waals surface area contributed by atoms with Crippen molar-refractivity contribution in [1.82, 2.24) is 5.32 Å². The number of carbonyl (C=O) groups is 2. The van der Waals surface area contributed by atoms with Gasteiger partial charge in [-0.25, -0.2) is 0 Å². The first-order valence-electron chi connectivity index (χ1n) is 7.13. The van der Waals surface area contributed by atoms with Gasteiger partial charge < -0.3 is 10.1 Å². The molecule has 22 heavy (non-hydrogen) atoms. The summed E-state index contributed by atoms with van der Waals surface area (Å²) in [6.07, 6.45) is 3.42. The molecule has 0 aliphatic carbocycles. The Balaban J connectivity index is 2.04. The molecule has 0 saturated carbocycles. The molecule has 0 aliphatic rings. The average Bonchev–Trinajstić information content (AvgIpc) is 2.52. The molecule has 0 spiro atoms. The van der Waals surface area contributed by atoms with Crippen molar-refractivity contribution in [3.63, 3.8) is 0 Å². The molecule has 0 aromatic heterocycles. The molecule has 0 radical (unpaired) electrons. The second kappa shape index (κ2) is 7.41. The molecule has 0 bridgehead atoms. The lowest BCUT2D eigenvalue weighted by molar-refractivity contribution is -0.141. The average molecular weight is 297 g/mol. The predicted octanol–water partition coefficient (Wildman–Crippen LogP) is 2.92. The number of esters is 1. The van der Waals surface area contributed by atoms with Crippen LogP contribution < -0.4 is 5.32 Å². The Hall–Kier alpha value is -2.62. The second-order valence-electron chi connectivity index (χ2n) is 5.09. The minimum absolute atomic E-state index is 0.157. The Labute approximate surface area is 129 Å². The molecular formula is C18H19NO3. The third-order valence-electron chi connectivity index (χ3n) is 3.33. The van der Waals surface area contributed by atoms with Crippen LogP contribution in [0.5, 0.6) is 0 Å². The van der Waals surface area contributed by atoms with Crippen LogP contribution in [-0.2, 0) is 14.3 Å². The van der Waals surface area contributed by atoms with E-state index in [1.165, 1.54) is 13.2 Å². The van der Waals surface area contributed by atoms with Crippen LogP contribution in [0.15, 0.2) is 48.5 Å². The Morgan fingerprint density at radius 2 is 1.91 bits per heavy atom. The number of carbonyl (C=O) groups excluding carboxylic acids is 2. The Morgan fingerprint density at radius 3 is 2.68 bits per heavy atom. The highest BCUT2D eigenvalue weighted by atomic mass is 16.5. The minimum Gasteiger partial charge on any atom is -0.469 e. The van der Waals surface area contributed by atoms with Crippen LogP contribution in [0.25, 0.3) is 16.8 Å². The van der Waals surface area contributed by atoms with Gasteiger partial charge in [0, 0.05) is 12.1 Å². The van der Waals surface area contributed by atoms with Gasteiger partial charge in [0.25, 0.3) is 0 Å². The molecular weight excluding hydrogens is 278 g/mol. The summed E-state index contributed by atoms with van der Waals surface area (Å²) in [5, 5.41) is 4.96. The van der Waals surface area contributed by atoms with Gasteiger partial charge in [-0.05, 0) is 29.3 Å².